The van der Waals surface area contributed by atoms with Crippen LogP contribution in [0.15, 0.2) is 94.9 Å². The molecule has 0 N–H and O–H groups in total. The monoisotopic (exact) mass is 535 g/mol. The average Bonchev–Trinajstić information content (AvgIpc) is 3.42. The van der Waals surface area contributed by atoms with Crippen molar-refractivity contribution in [2.75, 3.05) is 4.90 Å². The van der Waals surface area contributed by atoms with Crippen LogP contribution >= 0.6 is 11.8 Å². The van der Waals surface area contributed by atoms with Gasteiger partial charge in [-0.2, -0.15) is 0 Å². The molecular formula is C33H33N3O2S. The van der Waals surface area contributed by atoms with Gasteiger partial charge in [0.25, 0.3) is 5.56 Å². The van der Waals surface area contributed by atoms with Gasteiger partial charge >= 0.3 is 0 Å². The third kappa shape index (κ3) is 4.51. The minimum atomic E-state index is -0.465. The minimum absolute atomic E-state index is 0.0558. The molecule has 198 valence electrons. The van der Waals surface area contributed by atoms with E-state index in [1.54, 1.807) is 9.47 Å². The van der Waals surface area contributed by atoms with Crippen molar-refractivity contribution >= 4 is 29.0 Å². The Labute approximate surface area is 233 Å². The number of benzene rings is 3. The molecule has 2 aliphatic rings. The lowest BCUT2D eigenvalue weighted by atomic mass is 9.68. The van der Waals surface area contributed by atoms with Gasteiger partial charge in [0.1, 0.15) is 0 Å². The number of nitrogens with zero attached hydrogens (tertiary/aromatic N) is 3. The van der Waals surface area contributed by atoms with Crippen LogP contribution in [0.1, 0.15) is 50.7 Å². The molecule has 1 atom stereocenters. The number of carbonyl (C=O) groups is 1. The summed E-state index contributed by atoms with van der Waals surface area (Å²) in [6, 6.07) is 27.8. The first kappa shape index (κ1) is 25.6. The standard InChI is InChI=1S/C33H33N3O2S/c1-3-35-31(38)28-29(27-19-11-10-14-24(27)22-33(28)20-12-13-21-33)34-32(35)39-23(2)30(37)36(25-15-6-4-7-16-25)26-17-8-5-9-18-26/h4-11,14-19,23H,3,12-13,20-22H2,1-2H3/t23-/m0/s1. The number of amides is 1. The van der Waals surface area contributed by atoms with Gasteiger partial charge in [-0.15, -0.1) is 0 Å². The first-order chi connectivity index (χ1) is 19.0. The van der Waals surface area contributed by atoms with Crippen molar-refractivity contribution in [3.8, 4) is 11.3 Å². The van der Waals surface area contributed by atoms with E-state index in [0.717, 1.165) is 60.3 Å². The molecule has 0 aliphatic heterocycles. The van der Waals surface area contributed by atoms with Crippen molar-refractivity contribution in [2.24, 2.45) is 0 Å². The Hall–Kier alpha value is -3.64. The molecule has 0 saturated heterocycles. The molecule has 1 aromatic heterocycles. The Morgan fingerprint density at radius 3 is 2.15 bits per heavy atom. The maximum atomic E-state index is 14.2. The zero-order valence-electron chi connectivity index (χ0n) is 22.5. The third-order valence-electron chi connectivity index (χ3n) is 8.22. The summed E-state index contributed by atoms with van der Waals surface area (Å²) in [6.45, 7) is 4.41. The second-order valence-corrected chi connectivity index (χ2v) is 11.9. The Morgan fingerprint density at radius 1 is 0.949 bits per heavy atom. The number of rotatable bonds is 6. The lowest BCUT2D eigenvalue weighted by molar-refractivity contribution is -0.117. The van der Waals surface area contributed by atoms with E-state index in [1.807, 2.05) is 80.6 Å². The Kier molecular flexibility index (Phi) is 6.90. The highest BCUT2D eigenvalue weighted by Gasteiger charge is 2.44. The molecule has 2 aliphatic carbocycles. The number of thioether (sulfide) groups is 1. The van der Waals surface area contributed by atoms with Crippen LogP contribution in [-0.4, -0.2) is 20.7 Å². The molecule has 1 saturated carbocycles. The van der Waals surface area contributed by atoms with Gasteiger partial charge in [-0.1, -0.05) is 85.3 Å². The lowest BCUT2D eigenvalue weighted by Crippen LogP contribution is -2.40. The molecule has 1 heterocycles. The highest BCUT2D eigenvalue weighted by Crippen LogP contribution is 2.50. The van der Waals surface area contributed by atoms with Crippen molar-refractivity contribution in [3.05, 3.63) is 106 Å². The Balaban J connectivity index is 1.42. The van der Waals surface area contributed by atoms with Crippen LogP contribution < -0.4 is 10.5 Å². The van der Waals surface area contributed by atoms with Crippen molar-refractivity contribution in [1.29, 1.82) is 0 Å². The molecule has 39 heavy (non-hydrogen) atoms. The number of aromatic nitrogens is 2. The van der Waals surface area contributed by atoms with Crippen LogP contribution in [-0.2, 0) is 23.2 Å². The van der Waals surface area contributed by atoms with E-state index in [1.165, 1.54) is 17.3 Å². The predicted molar refractivity (Wildman–Crippen MR) is 159 cm³/mol. The largest absolute Gasteiger partial charge is 0.288 e. The molecule has 4 aromatic rings. The molecule has 0 radical (unpaired) electrons. The highest BCUT2D eigenvalue weighted by molar-refractivity contribution is 8.00. The highest BCUT2D eigenvalue weighted by atomic mass is 32.2. The van der Waals surface area contributed by atoms with Crippen molar-refractivity contribution in [1.82, 2.24) is 9.55 Å². The van der Waals surface area contributed by atoms with Gasteiger partial charge in [0.05, 0.1) is 16.5 Å². The number of para-hydroxylation sites is 2. The zero-order chi connectivity index (χ0) is 27.0. The van der Waals surface area contributed by atoms with Gasteiger partial charge in [-0.3, -0.25) is 19.1 Å². The summed E-state index contributed by atoms with van der Waals surface area (Å²) in [7, 11) is 0. The summed E-state index contributed by atoms with van der Waals surface area (Å²) in [6.07, 6.45) is 5.24. The predicted octanol–water partition coefficient (Wildman–Crippen LogP) is 7.14. The zero-order valence-corrected chi connectivity index (χ0v) is 23.3. The van der Waals surface area contributed by atoms with Crippen molar-refractivity contribution < 1.29 is 4.79 Å². The van der Waals surface area contributed by atoms with Crippen molar-refractivity contribution in [2.45, 2.75) is 68.3 Å². The molecule has 5 nitrogen and oxygen atoms in total. The van der Waals surface area contributed by atoms with Gasteiger partial charge < -0.3 is 0 Å². The lowest BCUT2D eigenvalue weighted by Gasteiger charge is -2.36. The summed E-state index contributed by atoms with van der Waals surface area (Å²) in [5, 5.41) is 0.139. The number of hydrogen-bond acceptors (Lipinski definition) is 4. The maximum Gasteiger partial charge on any atom is 0.258 e. The minimum Gasteiger partial charge on any atom is -0.288 e. The third-order valence-corrected chi connectivity index (χ3v) is 9.30. The number of carbonyl (C=O) groups excluding carboxylic acids is 1. The van der Waals surface area contributed by atoms with Crippen molar-refractivity contribution in [3.63, 3.8) is 0 Å². The molecule has 0 unspecified atom stereocenters. The fraction of sp³-hybridized carbons (Fsp3) is 0.303. The number of fused-ring (bicyclic) bond motifs is 4. The molecule has 6 heteroatoms. The molecule has 1 fully saturated rings. The van der Waals surface area contributed by atoms with Gasteiger partial charge in [-0.25, -0.2) is 4.98 Å². The second kappa shape index (κ2) is 10.5. The smallest absolute Gasteiger partial charge is 0.258 e. The summed E-state index contributed by atoms with van der Waals surface area (Å²) < 4.78 is 1.79. The molecule has 6 rings (SSSR count). The molecule has 1 spiro atoms. The first-order valence-corrected chi connectivity index (χ1v) is 14.7. The van der Waals surface area contributed by atoms with E-state index < -0.39 is 5.25 Å². The fourth-order valence-corrected chi connectivity index (χ4v) is 7.37. The van der Waals surface area contributed by atoms with E-state index in [4.69, 9.17) is 4.98 Å². The van der Waals surface area contributed by atoms with E-state index in [0.29, 0.717) is 11.7 Å². The van der Waals surface area contributed by atoms with Crippen LogP contribution in [0.4, 0.5) is 11.4 Å². The first-order valence-electron chi connectivity index (χ1n) is 13.9. The van der Waals surface area contributed by atoms with Crippen LogP contribution in [0.3, 0.4) is 0 Å². The quantitative estimate of drug-likeness (QED) is 0.194. The van der Waals surface area contributed by atoms with Crippen LogP contribution in [0.25, 0.3) is 11.3 Å². The number of anilines is 2. The van der Waals surface area contributed by atoms with E-state index in [2.05, 4.69) is 18.2 Å². The topological polar surface area (TPSA) is 55.2 Å². The summed E-state index contributed by atoms with van der Waals surface area (Å²) in [5.41, 5.74) is 5.58. The summed E-state index contributed by atoms with van der Waals surface area (Å²) in [4.78, 5) is 35.1. The molecule has 1 amide bonds. The van der Waals surface area contributed by atoms with E-state index >= 15 is 0 Å². The normalized spacial score (nSPS) is 15.9. The van der Waals surface area contributed by atoms with Gasteiger partial charge in [0, 0.05) is 28.9 Å². The number of hydrogen-bond donors (Lipinski definition) is 0. The maximum absolute atomic E-state index is 14.2. The fourth-order valence-electron chi connectivity index (χ4n) is 6.36. The second-order valence-electron chi connectivity index (χ2n) is 10.6. The van der Waals surface area contributed by atoms with Crippen LogP contribution in [0.2, 0.25) is 0 Å². The van der Waals surface area contributed by atoms with Crippen LogP contribution in [0, 0.1) is 0 Å². The summed E-state index contributed by atoms with van der Waals surface area (Å²) >= 11 is 1.37. The van der Waals surface area contributed by atoms with E-state index in [9.17, 15) is 9.59 Å². The molecular weight excluding hydrogens is 502 g/mol. The summed E-state index contributed by atoms with van der Waals surface area (Å²) in [5.74, 6) is -0.0558. The molecule has 3 aromatic carbocycles. The van der Waals surface area contributed by atoms with Gasteiger partial charge in [0.2, 0.25) is 5.91 Å². The average molecular weight is 536 g/mol. The SMILES string of the molecule is CCn1c(S[C@@H](C)C(=O)N(c2ccccc2)c2ccccc2)nc2c(c1=O)C1(CCCC1)Cc1ccccc1-2. The van der Waals surface area contributed by atoms with E-state index in [-0.39, 0.29) is 16.9 Å². The van der Waals surface area contributed by atoms with Crippen LogP contribution in [0.5, 0.6) is 0 Å². The molecule has 0 bridgehead atoms. The Bertz CT molecular complexity index is 1520. The van der Waals surface area contributed by atoms with Gasteiger partial charge in [-0.05, 0) is 62.9 Å². The Morgan fingerprint density at radius 2 is 1.54 bits per heavy atom. The van der Waals surface area contributed by atoms with Gasteiger partial charge in [0.15, 0.2) is 5.16 Å².